The van der Waals surface area contributed by atoms with Crippen LogP contribution in [0.1, 0.15) is 0 Å². The van der Waals surface area contributed by atoms with Crippen molar-refractivity contribution in [3.05, 3.63) is 71.3 Å². The Morgan fingerprint density at radius 1 is 1.11 bits per heavy atom. The number of anilines is 2. The van der Waals surface area contributed by atoms with E-state index in [-0.39, 0.29) is 18.0 Å². The summed E-state index contributed by atoms with van der Waals surface area (Å²) in [6.45, 7) is -0.107. The van der Waals surface area contributed by atoms with E-state index in [1.54, 1.807) is 19.2 Å². The lowest BCUT2D eigenvalue weighted by atomic mass is 10.1. The normalized spacial score (nSPS) is 10.4. The van der Waals surface area contributed by atoms with Crippen LogP contribution in [0, 0.1) is 0 Å². The molecule has 1 amide bonds. The lowest BCUT2D eigenvalue weighted by Gasteiger charge is -2.13. The molecule has 3 aromatic rings. The van der Waals surface area contributed by atoms with Gasteiger partial charge in [-0.3, -0.25) is 14.2 Å². The summed E-state index contributed by atoms with van der Waals surface area (Å²) < 4.78 is 6.40. The molecule has 0 saturated heterocycles. The Bertz CT molecular complexity index is 1010. The van der Waals surface area contributed by atoms with Crippen LogP contribution < -0.4 is 20.5 Å². The second-order valence-corrected chi connectivity index (χ2v) is 6.46. The summed E-state index contributed by atoms with van der Waals surface area (Å²) in [6.07, 6.45) is 1.39. The molecule has 0 radical (unpaired) electrons. The molecular weight excluding hydrogens is 356 g/mol. The van der Waals surface area contributed by atoms with Crippen molar-refractivity contribution in [2.45, 2.75) is 6.54 Å². The second kappa shape index (κ2) is 8.39. The van der Waals surface area contributed by atoms with Gasteiger partial charge in [-0.2, -0.15) is 0 Å². The van der Waals surface area contributed by atoms with Gasteiger partial charge in [0.25, 0.3) is 5.56 Å². The van der Waals surface area contributed by atoms with E-state index >= 15 is 0 Å². The third-order valence-electron chi connectivity index (χ3n) is 4.25. The summed E-state index contributed by atoms with van der Waals surface area (Å²) in [5, 5.41) is 2.78. The van der Waals surface area contributed by atoms with Gasteiger partial charge in [0.2, 0.25) is 5.91 Å². The molecule has 7 heteroatoms. The van der Waals surface area contributed by atoms with E-state index in [2.05, 4.69) is 10.3 Å². The van der Waals surface area contributed by atoms with E-state index in [0.29, 0.717) is 11.4 Å². The maximum atomic E-state index is 12.4. The molecule has 7 nitrogen and oxygen atoms in total. The maximum absolute atomic E-state index is 12.4. The van der Waals surface area contributed by atoms with E-state index < -0.39 is 0 Å². The molecule has 0 fully saturated rings. The van der Waals surface area contributed by atoms with Gasteiger partial charge in [-0.05, 0) is 48.5 Å². The van der Waals surface area contributed by atoms with Gasteiger partial charge >= 0.3 is 0 Å². The minimum absolute atomic E-state index is 0.107. The Morgan fingerprint density at radius 2 is 1.79 bits per heavy atom. The van der Waals surface area contributed by atoms with Gasteiger partial charge in [-0.25, -0.2) is 4.98 Å². The molecule has 1 heterocycles. The van der Waals surface area contributed by atoms with Crippen LogP contribution in [0.2, 0.25) is 0 Å². The molecular formula is C21H22N4O3. The molecule has 0 aliphatic carbocycles. The number of nitrogens with zero attached hydrogens (tertiary/aromatic N) is 3. The van der Waals surface area contributed by atoms with Crippen molar-refractivity contribution >= 4 is 17.3 Å². The van der Waals surface area contributed by atoms with E-state index in [4.69, 9.17) is 4.74 Å². The lowest BCUT2D eigenvalue weighted by molar-refractivity contribution is -0.116. The average Bonchev–Trinajstić information content (AvgIpc) is 2.70. The number of hydrogen-bond donors (Lipinski definition) is 1. The summed E-state index contributed by atoms with van der Waals surface area (Å²) in [5.74, 6) is 0.436. The molecule has 1 aromatic heterocycles. The fraction of sp³-hybridized carbons (Fsp3) is 0.190. The van der Waals surface area contributed by atoms with Crippen LogP contribution in [0.15, 0.2) is 65.7 Å². The van der Waals surface area contributed by atoms with Crippen LogP contribution in [0.25, 0.3) is 11.3 Å². The zero-order valence-electron chi connectivity index (χ0n) is 16.0. The fourth-order valence-electron chi connectivity index (χ4n) is 2.66. The average molecular weight is 378 g/mol. The first-order chi connectivity index (χ1) is 13.5. The molecule has 0 aliphatic rings. The number of aromatic nitrogens is 2. The largest absolute Gasteiger partial charge is 0.497 e. The minimum atomic E-state index is -0.293. The highest BCUT2D eigenvalue weighted by molar-refractivity contribution is 5.90. The number of amides is 1. The van der Waals surface area contributed by atoms with Gasteiger partial charge in [0.05, 0.1) is 19.1 Å². The van der Waals surface area contributed by atoms with Gasteiger partial charge in [0.15, 0.2) is 0 Å². The molecule has 2 aromatic carbocycles. The predicted octanol–water partition coefficient (Wildman–Crippen LogP) is 2.62. The zero-order chi connectivity index (χ0) is 20.1. The lowest BCUT2D eigenvalue weighted by Crippen LogP contribution is -2.27. The fourth-order valence-corrected chi connectivity index (χ4v) is 2.66. The number of hydrogen-bond acceptors (Lipinski definition) is 5. The number of carbonyl (C=O) groups is 1. The monoisotopic (exact) mass is 378 g/mol. The molecule has 0 bridgehead atoms. The topological polar surface area (TPSA) is 76.5 Å². The first-order valence-corrected chi connectivity index (χ1v) is 8.74. The highest BCUT2D eigenvalue weighted by atomic mass is 16.5. The van der Waals surface area contributed by atoms with E-state index in [9.17, 15) is 9.59 Å². The van der Waals surface area contributed by atoms with E-state index in [0.717, 1.165) is 17.0 Å². The number of methoxy groups -OCH3 is 1. The van der Waals surface area contributed by atoms with Gasteiger partial charge in [-0.1, -0.05) is 0 Å². The van der Waals surface area contributed by atoms with Crippen molar-refractivity contribution in [2.24, 2.45) is 0 Å². The molecule has 144 valence electrons. The van der Waals surface area contributed by atoms with Crippen molar-refractivity contribution in [1.82, 2.24) is 9.55 Å². The Balaban J connectivity index is 1.68. The number of benzene rings is 2. The summed E-state index contributed by atoms with van der Waals surface area (Å²) >= 11 is 0. The van der Waals surface area contributed by atoms with Crippen molar-refractivity contribution in [2.75, 3.05) is 31.4 Å². The quantitative estimate of drug-likeness (QED) is 0.714. The van der Waals surface area contributed by atoms with Crippen molar-refractivity contribution in [1.29, 1.82) is 0 Å². The predicted molar refractivity (Wildman–Crippen MR) is 110 cm³/mol. The standard InChI is InChI=1S/C21H22N4O3/c1-24(2)17-8-6-16(7-9-17)23-20(26)13-25-14-22-19(12-21(25)27)15-4-10-18(28-3)11-5-15/h4-12,14H,13H2,1-3H3,(H,23,26). The number of nitrogens with one attached hydrogen (secondary N) is 1. The Morgan fingerprint density at radius 3 is 2.36 bits per heavy atom. The third-order valence-corrected chi connectivity index (χ3v) is 4.25. The number of carbonyl (C=O) groups excluding carboxylic acids is 1. The molecule has 28 heavy (non-hydrogen) atoms. The highest BCUT2D eigenvalue weighted by Crippen LogP contribution is 2.19. The maximum Gasteiger partial charge on any atom is 0.254 e. The van der Waals surface area contributed by atoms with E-state index in [1.165, 1.54) is 17.0 Å². The van der Waals surface area contributed by atoms with Crippen molar-refractivity contribution in [3.63, 3.8) is 0 Å². The Hall–Kier alpha value is -3.61. The Labute approximate surface area is 163 Å². The van der Waals surface area contributed by atoms with Crippen LogP contribution in [0.3, 0.4) is 0 Å². The minimum Gasteiger partial charge on any atom is -0.497 e. The van der Waals surface area contributed by atoms with Crippen LogP contribution in [0.4, 0.5) is 11.4 Å². The summed E-state index contributed by atoms with van der Waals surface area (Å²) in [6, 6.07) is 16.1. The zero-order valence-corrected chi connectivity index (χ0v) is 16.0. The SMILES string of the molecule is COc1ccc(-c2cc(=O)n(CC(=O)Nc3ccc(N(C)C)cc3)cn2)cc1. The summed E-state index contributed by atoms with van der Waals surface area (Å²) in [5.41, 5.74) is 2.76. The molecule has 3 rings (SSSR count). The van der Waals surface area contributed by atoms with Crippen LogP contribution in [0.5, 0.6) is 5.75 Å². The first-order valence-electron chi connectivity index (χ1n) is 8.74. The van der Waals surface area contributed by atoms with Crippen LogP contribution >= 0.6 is 0 Å². The smallest absolute Gasteiger partial charge is 0.254 e. The first kappa shape index (κ1) is 19.2. The summed E-state index contributed by atoms with van der Waals surface area (Å²) in [7, 11) is 5.49. The van der Waals surface area contributed by atoms with Crippen molar-refractivity contribution < 1.29 is 9.53 Å². The van der Waals surface area contributed by atoms with Crippen LogP contribution in [-0.4, -0.2) is 36.7 Å². The third kappa shape index (κ3) is 4.56. The molecule has 1 N–H and O–H groups in total. The van der Waals surface area contributed by atoms with Gasteiger partial charge < -0.3 is 15.0 Å². The molecule has 0 atom stereocenters. The second-order valence-electron chi connectivity index (χ2n) is 6.46. The molecule has 0 saturated carbocycles. The Kier molecular flexibility index (Phi) is 5.74. The molecule has 0 unspecified atom stereocenters. The number of ether oxygens (including phenoxy) is 1. The van der Waals surface area contributed by atoms with Crippen molar-refractivity contribution in [3.8, 4) is 17.0 Å². The number of rotatable bonds is 6. The van der Waals surface area contributed by atoms with Gasteiger partial charge in [0, 0.05) is 37.1 Å². The molecule has 0 aliphatic heterocycles. The highest BCUT2D eigenvalue weighted by Gasteiger charge is 2.08. The summed E-state index contributed by atoms with van der Waals surface area (Å²) in [4.78, 5) is 30.9. The van der Waals surface area contributed by atoms with Crippen LogP contribution in [-0.2, 0) is 11.3 Å². The van der Waals surface area contributed by atoms with Gasteiger partial charge in [-0.15, -0.1) is 0 Å². The van der Waals surface area contributed by atoms with E-state index in [1.807, 2.05) is 55.4 Å². The van der Waals surface area contributed by atoms with Gasteiger partial charge in [0.1, 0.15) is 12.3 Å². The molecule has 0 spiro atoms.